The van der Waals surface area contributed by atoms with Crippen molar-refractivity contribution in [3.8, 4) is 0 Å². The summed E-state index contributed by atoms with van der Waals surface area (Å²) in [6.45, 7) is 0.0551. The Morgan fingerprint density at radius 3 is 2.22 bits per heavy atom. The van der Waals surface area contributed by atoms with E-state index in [0.717, 1.165) is 0 Å². The topological polar surface area (TPSA) is 104 Å². The fraction of sp³-hybridized carbons (Fsp3) is 0.176. The molecule has 1 saturated heterocycles. The normalized spacial score (nSPS) is 17.2. The van der Waals surface area contributed by atoms with Gasteiger partial charge in [0.05, 0.1) is 16.5 Å². The molecule has 1 unspecified atom stereocenters. The molecule has 142 valence electrons. The monoisotopic (exact) mass is 428 g/mol. The summed E-state index contributed by atoms with van der Waals surface area (Å²) in [5.74, 6) is -2.12. The van der Waals surface area contributed by atoms with Crippen molar-refractivity contribution in [1.82, 2.24) is 0 Å². The number of amides is 1. The van der Waals surface area contributed by atoms with Crippen molar-refractivity contribution in [2.24, 2.45) is 5.92 Å². The Hall–Kier alpha value is -2.29. The SMILES string of the molecule is O=C(O)C1CC(=O)N(c2ccc(S(=O)(=O)Nc3cc(Cl)cc(Cl)c3)cc2)C1. The Kier molecular flexibility index (Phi) is 5.32. The van der Waals surface area contributed by atoms with Gasteiger partial charge in [-0.3, -0.25) is 14.3 Å². The maximum absolute atomic E-state index is 12.5. The van der Waals surface area contributed by atoms with Crippen LogP contribution in [0.5, 0.6) is 0 Å². The van der Waals surface area contributed by atoms with Crippen LogP contribution in [0.3, 0.4) is 0 Å². The van der Waals surface area contributed by atoms with E-state index in [1.807, 2.05) is 0 Å². The van der Waals surface area contributed by atoms with Crippen LogP contribution < -0.4 is 9.62 Å². The Labute approximate surface area is 165 Å². The number of sulfonamides is 1. The highest BCUT2D eigenvalue weighted by atomic mass is 35.5. The third kappa shape index (κ3) is 4.35. The summed E-state index contributed by atoms with van der Waals surface area (Å²) in [5, 5.41) is 9.62. The molecule has 1 atom stereocenters. The van der Waals surface area contributed by atoms with Crippen molar-refractivity contribution >= 4 is 56.5 Å². The predicted octanol–water partition coefficient (Wildman–Crippen LogP) is 3.23. The van der Waals surface area contributed by atoms with Crippen LogP contribution in [0.25, 0.3) is 0 Å². The summed E-state index contributed by atoms with van der Waals surface area (Å²) in [5.41, 5.74) is 0.657. The Morgan fingerprint density at radius 1 is 1.11 bits per heavy atom. The van der Waals surface area contributed by atoms with E-state index in [1.54, 1.807) is 0 Å². The summed E-state index contributed by atoms with van der Waals surface area (Å²) in [4.78, 5) is 24.3. The lowest BCUT2D eigenvalue weighted by atomic mass is 10.1. The minimum absolute atomic E-state index is 0.0243. The quantitative estimate of drug-likeness (QED) is 0.760. The number of carbonyl (C=O) groups excluding carboxylic acids is 1. The number of hydrogen-bond donors (Lipinski definition) is 2. The number of carboxylic acid groups (broad SMARTS) is 1. The number of nitrogens with zero attached hydrogens (tertiary/aromatic N) is 1. The second-order valence-electron chi connectivity index (χ2n) is 6.00. The first-order chi connectivity index (χ1) is 12.7. The number of halogens is 2. The molecule has 0 radical (unpaired) electrons. The lowest BCUT2D eigenvalue weighted by molar-refractivity contribution is -0.141. The molecule has 0 saturated carbocycles. The van der Waals surface area contributed by atoms with Crippen LogP contribution in [0.1, 0.15) is 6.42 Å². The average molecular weight is 429 g/mol. The predicted molar refractivity (Wildman–Crippen MR) is 102 cm³/mol. The van der Waals surface area contributed by atoms with Crippen LogP contribution in [-0.2, 0) is 19.6 Å². The Bertz CT molecular complexity index is 988. The van der Waals surface area contributed by atoms with E-state index >= 15 is 0 Å². The molecule has 7 nitrogen and oxygen atoms in total. The number of carbonyl (C=O) groups is 2. The molecule has 0 aromatic heterocycles. The molecule has 0 aliphatic carbocycles. The van der Waals surface area contributed by atoms with E-state index < -0.39 is 21.9 Å². The molecule has 1 heterocycles. The molecule has 10 heteroatoms. The van der Waals surface area contributed by atoms with Crippen molar-refractivity contribution in [3.05, 3.63) is 52.5 Å². The van der Waals surface area contributed by atoms with Gasteiger partial charge in [-0.15, -0.1) is 0 Å². The molecule has 1 aliphatic heterocycles. The number of nitrogens with one attached hydrogen (secondary N) is 1. The summed E-state index contributed by atoms with van der Waals surface area (Å²) >= 11 is 11.7. The number of carboxylic acids is 1. The maximum Gasteiger partial charge on any atom is 0.308 e. The molecular formula is C17H14Cl2N2O5S. The summed E-state index contributed by atoms with van der Waals surface area (Å²) in [7, 11) is -3.89. The number of anilines is 2. The van der Waals surface area contributed by atoms with Crippen molar-refractivity contribution in [2.45, 2.75) is 11.3 Å². The minimum Gasteiger partial charge on any atom is -0.481 e. The second-order valence-corrected chi connectivity index (χ2v) is 8.56. The van der Waals surface area contributed by atoms with Crippen LogP contribution in [0.4, 0.5) is 11.4 Å². The largest absolute Gasteiger partial charge is 0.481 e. The molecule has 0 spiro atoms. The van der Waals surface area contributed by atoms with Crippen LogP contribution >= 0.6 is 23.2 Å². The van der Waals surface area contributed by atoms with Crippen LogP contribution in [0.15, 0.2) is 47.4 Å². The summed E-state index contributed by atoms with van der Waals surface area (Å²) in [6, 6.07) is 9.93. The lowest BCUT2D eigenvalue weighted by Gasteiger charge is -2.16. The van der Waals surface area contributed by atoms with E-state index in [2.05, 4.69) is 4.72 Å². The molecule has 2 N–H and O–H groups in total. The molecule has 1 fully saturated rings. The smallest absolute Gasteiger partial charge is 0.308 e. The second kappa shape index (κ2) is 7.38. The zero-order valence-electron chi connectivity index (χ0n) is 13.7. The van der Waals surface area contributed by atoms with Gasteiger partial charge in [0.25, 0.3) is 10.0 Å². The van der Waals surface area contributed by atoms with Crippen LogP contribution in [0.2, 0.25) is 10.0 Å². The third-order valence-electron chi connectivity index (χ3n) is 4.05. The lowest BCUT2D eigenvalue weighted by Crippen LogP contribution is -2.25. The zero-order valence-corrected chi connectivity index (χ0v) is 16.1. The number of hydrogen-bond acceptors (Lipinski definition) is 4. The van der Waals surface area contributed by atoms with Crippen LogP contribution in [0, 0.1) is 5.92 Å². The van der Waals surface area contributed by atoms with Gasteiger partial charge in [0, 0.05) is 28.7 Å². The van der Waals surface area contributed by atoms with Gasteiger partial charge in [-0.2, -0.15) is 0 Å². The first-order valence-corrected chi connectivity index (χ1v) is 10.0. The van der Waals surface area contributed by atoms with Gasteiger partial charge in [-0.1, -0.05) is 23.2 Å². The number of aliphatic carboxylic acids is 1. The number of benzene rings is 2. The average Bonchev–Trinajstić information content (AvgIpc) is 2.96. The van der Waals surface area contributed by atoms with E-state index in [9.17, 15) is 18.0 Å². The van der Waals surface area contributed by atoms with Crippen molar-refractivity contribution in [3.63, 3.8) is 0 Å². The molecule has 1 amide bonds. The van der Waals surface area contributed by atoms with Crippen molar-refractivity contribution < 1.29 is 23.1 Å². The van der Waals surface area contributed by atoms with Gasteiger partial charge in [-0.25, -0.2) is 8.42 Å². The highest BCUT2D eigenvalue weighted by Crippen LogP contribution is 2.28. The van der Waals surface area contributed by atoms with Crippen molar-refractivity contribution in [2.75, 3.05) is 16.2 Å². The van der Waals surface area contributed by atoms with Gasteiger partial charge >= 0.3 is 5.97 Å². The fourth-order valence-electron chi connectivity index (χ4n) is 2.75. The van der Waals surface area contributed by atoms with Gasteiger partial charge in [0.2, 0.25) is 5.91 Å². The molecule has 0 bridgehead atoms. The molecule has 2 aromatic carbocycles. The number of rotatable bonds is 5. The summed E-state index contributed by atoms with van der Waals surface area (Å²) < 4.78 is 27.4. The Morgan fingerprint density at radius 2 is 1.70 bits per heavy atom. The molecule has 27 heavy (non-hydrogen) atoms. The molecule has 3 rings (SSSR count). The molecule has 2 aromatic rings. The first kappa shape index (κ1) is 19.5. The standard InChI is InChI=1S/C17H14Cl2N2O5S/c18-11-6-12(19)8-13(7-11)20-27(25,26)15-3-1-14(2-4-15)21-9-10(17(23)24)5-16(21)22/h1-4,6-8,10,20H,5,9H2,(H,23,24). The fourth-order valence-corrected chi connectivity index (χ4v) is 4.32. The zero-order chi connectivity index (χ0) is 19.8. The Balaban J connectivity index is 1.80. The highest BCUT2D eigenvalue weighted by molar-refractivity contribution is 7.92. The minimum atomic E-state index is -3.89. The van der Waals surface area contributed by atoms with Gasteiger partial charge in [0.15, 0.2) is 0 Å². The van der Waals surface area contributed by atoms with Crippen LogP contribution in [-0.4, -0.2) is 31.9 Å². The maximum atomic E-state index is 12.5. The first-order valence-electron chi connectivity index (χ1n) is 7.78. The van der Waals surface area contributed by atoms with E-state index in [4.69, 9.17) is 28.3 Å². The summed E-state index contributed by atoms with van der Waals surface area (Å²) in [6.07, 6.45) is -0.0769. The van der Waals surface area contributed by atoms with Gasteiger partial charge in [-0.05, 0) is 42.5 Å². The van der Waals surface area contributed by atoms with Gasteiger partial charge in [0.1, 0.15) is 0 Å². The third-order valence-corrected chi connectivity index (χ3v) is 5.88. The van der Waals surface area contributed by atoms with E-state index in [1.165, 1.54) is 47.4 Å². The van der Waals surface area contributed by atoms with E-state index in [0.29, 0.717) is 5.69 Å². The highest BCUT2D eigenvalue weighted by Gasteiger charge is 2.35. The van der Waals surface area contributed by atoms with Gasteiger partial charge < -0.3 is 10.0 Å². The van der Waals surface area contributed by atoms with Crippen molar-refractivity contribution in [1.29, 1.82) is 0 Å². The molecular weight excluding hydrogens is 415 g/mol. The van der Waals surface area contributed by atoms with E-state index in [-0.39, 0.29) is 39.5 Å². The molecule has 1 aliphatic rings.